The van der Waals surface area contributed by atoms with Crippen LogP contribution >= 0.6 is 0 Å². The van der Waals surface area contributed by atoms with Crippen LogP contribution in [-0.4, -0.2) is 27.5 Å². The molecule has 0 unspecified atom stereocenters. The molecule has 0 aliphatic heterocycles. The molecule has 2 radical (unpaired) electrons. The van der Waals surface area contributed by atoms with Crippen LogP contribution in [0.5, 0.6) is 0 Å². The Morgan fingerprint density at radius 1 is 1.67 bits per heavy atom. The summed E-state index contributed by atoms with van der Waals surface area (Å²) >= 11 is 1.27. The van der Waals surface area contributed by atoms with Crippen molar-refractivity contribution in [2.45, 2.75) is 11.4 Å². The first kappa shape index (κ1) is 7.06. The molecule has 46 valence electrons. The number of aryl methyl sites for hydroxylation is 1. The summed E-state index contributed by atoms with van der Waals surface area (Å²) in [6.07, 6.45) is 1.86. The van der Waals surface area contributed by atoms with Gasteiger partial charge in [0.2, 0.25) is 0 Å². The Hall–Kier alpha value is -0.0513. The van der Waals surface area contributed by atoms with Crippen LogP contribution in [0.4, 0.5) is 0 Å². The van der Waals surface area contributed by atoms with E-state index in [1.54, 1.807) is 0 Å². The molecule has 0 fully saturated rings. The van der Waals surface area contributed by atoms with Gasteiger partial charge in [-0.2, -0.15) is 0 Å². The number of nitrogens with zero attached hydrogens (tertiary/aromatic N) is 1. The standard InChI is InChI=1S/C7H8N.Sn.H/c1-6-4-3-5-8-7(6)2;;/h3-5H,2H2,1H3;;. The summed E-state index contributed by atoms with van der Waals surface area (Å²) in [6, 6.07) is 4.09. The molecule has 0 atom stereocenters. The predicted molar refractivity (Wildman–Crippen MR) is 39.8 cm³/mol. The number of aromatic nitrogens is 1. The fourth-order valence-corrected chi connectivity index (χ4v) is 1.95. The molecule has 0 bridgehead atoms. The van der Waals surface area contributed by atoms with Crippen LogP contribution in [0.1, 0.15) is 11.3 Å². The van der Waals surface area contributed by atoms with Gasteiger partial charge in [-0.15, -0.1) is 0 Å². The quantitative estimate of drug-likeness (QED) is 0.645. The van der Waals surface area contributed by atoms with E-state index >= 15 is 0 Å². The molecule has 0 aliphatic carbocycles. The van der Waals surface area contributed by atoms with Gasteiger partial charge in [0.15, 0.2) is 0 Å². The fraction of sp³-hybridized carbons (Fsp3) is 0.286. The Morgan fingerprint density at radius 3 is 2.89 bits per heavy atom. The van der Waals surface area contributed by atoms with Gasteiger partial charge in [-0.05, 0) is 0 Å². The topological polar surface area (TPSA) is 12.9 Å². The predicted octanol–water partition coefficient (Wildman–Crippen LogP) is 0.791. The van der Waals surface area contributed by atoms with E-state index in [0.29, 0.717) is 0 Å². The maximum atomic E-state index is 4.23. The molecular formula is C7H9NSn. The Morgan fingerprint density at radius 2 is 2.44 bits per heavy atom. The molecule has 0 saturated heterocycles. The van der Waals surface area contributed by atoms with Gasteiger partial charge < -0.3 is 0 Å². The number of hydrogen-bond donors (Lipinski definition) is 0. The average Bonchev–Trinajstić information content (AvgIpc) is 1.89. The third-order valence-corrected chi connectivity index (χ3v) is 2.41. The summed E-state index contributed by atoms with van der Waals surface area (Å²) in [5, 5.41) is 0. The second-order valence-corrected chi connectivity index (χ2v) is 3.14. The van der Waals surface area contributed by atoms with E-state index in [4.69, 9.17) is 0 Å². The second-order valence-electron chi connectivity index (χ2n) is 1.97. The molecule has 0 N–H and O–H groups in total. The van der Waals surface area contributed by atoms with Gasteiger partial charge in [0.25, 0.3) is 0 Å². The SMILES string of the molecule is Cc1cccnc1[CH2][SnH]. The van der Waals surface area contributed by atoms with Crippen molar-refractivity contribution < 1.29 is 0 Å². The van der Waals surface area contributed by atoms with Gasteiger partial charge >= 0.3 is 68.5 Å². The van der Waals surface area contributed by atoms with Crippen molar-refractivity contribution in [3.63, 3.8) is 0 Å². The van der Waals surface area contributed by atoms with Gasteiger partial charge in [-0.25, -0.2) is 0 Å². The Kier molecular flexibility index (Phi) is 2.51. The van der Waals surface area contributed by atoms with E-state index in [-0.39, 0.29) is 0 Å². The van der Waals surface area contributed by atoms with Crippen LogP contribution in [0, 0.1) is 6.92 Å². The molecular weight excluding hydrogens is 217 g/mol. The van der Waals surface area contributed by atoms with Crippen molar-refractivity contribution in [2.75, 3.05) is 0 Å². The molecule has 0 spiro atoms. The first-order valence-electron chi connectivity index (χ1n) is 2.95. The maximum absolute atomic E-state index is 4.23. The zero-order valence-corrected chi connectivity index (χ0v) is 8.76. The van der Waals surface area contributed by atoms with Gasteiger partial charge in [0.1, 0.15) is 0 Å². The van der Waals surface area contributed by atoms with Gasteiger partial charge in [-0.1, -0.05) is 0 Å². The normalized spacial score (nSPS) is 9.56. The van der Waals surface area contributed by atoms with Crippen molar-refractivity contribution in [3.8, 4) is 0 Å². The van der Waals surface area contributed by atoms with Crippen LogP contribution in [0.3, 0.4) is 0 Å². The second kappa shape index (κ2) is 3.20. The van der Waals surface area contributed by atoms with E-state index in [1.165, 1.54) is 33.8 Å². The molecule has 2 heteroatoms. The van der Waals surface area contributed by atoms with Crippen molar-refractivity contribution in [1.29, 1.82) is 0 Å². The minimum atomic E-state index is 1.16. The van der Waals surface area contributed by atoms with Gasteiger partial charge in [-0.3, -0.25) is 0 Å². The monoisotopic (exact) mass is 227 g/mol. The molecule has 0 aromatic carbocycles. The Bertz CT molecular complexity index is 198. The van der Waals surface area contributed by atoms with Crippen LogP contribution in [0.15, 0.2) is 18.3 Å². The average molecular weight is 226 g/mol. The summed E-state index contributed by atoms with van der Waals surface area (Å²) in [5.41, 5.74) is 2.59. The Balaban J connectivity index is 3.01. The van der Waals surface area contributed by atoms with E-state index in [0.717, 1.165) is 4.44 Å². The van der Waals surface area contributed by atoms with Crippen molar-refractivity contribution >= 4 is 22.5 Å². The van der Waals surface area contributed by atoms with Crippen LogP contribution < -0.4 is 0 Å². The molecule has 9 heavy (non-hydrogen) atoms. The zero-order chi connectivity index (χ0) is 6.69. The van der Waals surface area contributed by atoms with E-state index in [9.17, 15) is 0 Å². The third-order valence-electron chi connectivity index (χ3n) is 1.31. The van der Waals surface area contributed by atoms with Crippen LogP contribution in [0.2, 0.25) is 0 Å². The minimum absolute atomic E-state index is 1.16. The van der Waals surface area contributed by atoms with Crippen LogP contribution in [0.25, 0.3) is 0 Å². The summed E-state index contributed by atoms with van der Waals surface area (Å²) in [4.78, 5) is 4.23. The molecule has 1 heterocycles. The number of hydrogen-bond acceptors (Lipinski definition) is 1. The molecule has 1 aromatic rings. The summed E-state index contributed by atoms with van der Waals surface area (Å²) < 4.78 is 1.16. The van der Waals surface area contributed by atoms with Crippen molar-refractivity contribution in [2.24, 2.45) is 0 Å². The van der Waals surface area contributed by atoms with Crippen molar-refractivity contribution in [3.05, 3.63) is 29.6 Å². The molecule has 0 amide bonds. The van der Waals surface area contributed by atoms with Crippen molar-refractivity contribution in [1.82, 2.24) is 4.98 Å². The van der Waals surface area contributed by atoms with E-state index < -0.39 is 0 Å². The fourth-order valence-electron chi connectivity index (χ4n) is 0.732. The third kappa shape index (κ3) is 1.68. The number of rotatable bonds is 1. The molecule has 0 saturated carbocycles. The Labute approximate surface area is 68.6 Å². The van der Waals surface area contributed by atoms with Gasteiger partial charge in [0.05, 0.1) is 0 Å². The first-order chi connectivity index (χ1) is 4.34. The van der Waals surface area contributed by atoms with Gasteiger partial charge in [0, 0.05) is 0 Å². The molecule has 1 aromatic heterocycles. The molecule has 1 rings (SSSR count). The van der Waals surface area contributed by atoms with E-state index in [1.807, 2.05) is 12.3 Å². The summed E-state index contributed by atoms with van der Waals surface area (Å²) in [7, 11) is 0. The number of pyridine rings is 1. The first-order valence-corrected chi connectivity index (χ1v) is 5.28. The van der Waals surface area contributed by atoms with Crippen LogP contribution in [-0.2, 0) is 4.44 Å². The summed E-state index contributed by atoms with van der Waals surface area (Å²) in [5.74, 6) is 0. The summed E-state index contributed by atoms with van der Waals surface area (Å²) in [6.45, 7) is 2.11. The van der Waals surface area contributed by atoms with E-state index in [2.05, 4.69) is 18.0 Å². The molecule has 1 nitrogen and oxygen atoms in total. The molecule has 0 aliphatic rings. The zero-order valence-electron chi connectivity index (χ0n) is 5.46.